The van der Waals surface area contributed by atoms with Gasteiger partial charge in [-0.1, -0.05) is 30.3 Å². The van der Waals surface area contributed by atoms with E-state index in [9.17, 15) is 9.59 Å². The van der Waals surface area contributed by atoms with Gasteiger partial charge >= 0.3 is 0 Å². The Morgan fingerprint density at radius 3 is 2.48 bits per heavy atom. The van der Waals surface area contributed by atoms with Crippen molar-refractivity contribution in [1.29, 1.82) is 0 Å². The van der Waals surface area contributed by atoms with Gasteiger partial charge in [0.05, 0.1) is 18.8 Å². The molecule has 1 N–H and O–H groups in total. The van der Waals surface area contributed by atoms with Crippen LogP contribution >= 0.6 is 0 Å². The quantitative estimate of drug-likeness (QED) is 0.865. The minimum atomic E-state index is -0.757. The molecule has 1 atom stereocenters. The first kappa shape index (κ1) is 18.8. The molecule has 2 amide bonds. The first-order valence-electron chi connectivity index (χ1n) is 8.92. The van der Waals surface area contributed by atoms with E-state index in [0.717, 1.165) is 5.56 Å². The molecule has 1 aliphatic rings. The number of carbonyl (C=O) groups excluding carboxylic acids is 2. The van der Waals surface area contributed by atoms with Crippen molar-refractivity contribution in [2.75, 3.05) is 45.3 Å². The topological polar surface area (TPSA) is 74.8 Å². The van der Waals surface area contributed by atoms with Gasteiger partial charge in [-0.25, -0.2) is 4.98 Å². The predicted octanol–water partition coefficient (Wildman–Crippen LogP) is 1.48. The molecule has 7 heteroatoms. The van der Waals surface area contributed by atoms with Gasteiger partial charge in [0.1, 0.15) is 11.9 Å². The van der Waals surface area contributed by atoms with Crippen LogP contribution in [0.15, 0.2) is 48.7 Å². The Kier molecular flexibility index (Phi) is 6.03. The summed E-state index contributed by atoms with van der Waals surface area (Å²) in [5, 5.41) is 2.90. The number of nitrogens with zero attached hydrogens (tertiary/aromatic N) is 3. The zero-order chi connectivity index (χ0) is 19.2. The summed E-state index contributed by atoms with van der Waals surface area (Å²) in [4.78, 5) is 33.9. The summed E-state index contributed by atoms with van der Waals surface area (Å²) in [5.41, 5.74) is 1.18. The number of hydrogen-bond acceptors (Lipinski definition) is 5. The fourth-order valence-corrected chi connectivity index (χ4v) is 3.04. The third kappa shape index (κ3) is 4.43. The van der Waals surface area contributed by atoms with Crippen LogP contribution in [0.3, 0.4) is 0 Å². The number of aromatic nitrogens is 1. The van der Waals surface area contributed by atoms with E-state index in [2.05, 4.69) is 10.3 Å². The summed E-state index contributed by atoms with van der Waals surface area (Å²) in [6.45, 7) is 2.06. The molecule has 7 nitrogen and oxygen atoms in total. The molecule has 1 fully saturated rings. The fourth-order valence-electron chi connectivity index (χ4n) is 3.04. The van der Waals surface area contributed by atoms with Crippen LogP contribution in [0.2, 0.25) is 0 Å². The number of morpholine rings is 1. The minimum Gasteiger partial charge on any atom is -0.378 e. The lowest BCUT2D eigenvalue weighted by Gasteiger charge is -2.31. The Hall–Kier alpha value is -2.93. The zero-order valence-electron chi connectivity index (χ0n) is 15.6. The number of ether oxygens (including phenoxy) is 1. The van der Waals surface area contributed by atoms with Crippen LogP contribution in [-0.2, 0) is 9.53 Å². The molecular weight excluding hydrogens is 344 g/mol. The molecular formula is C20H24N4O3. The van der Waals surface area contributed by atoms with Crippen molar-refractivity contribution >= 4 is 17.6 Å². The van der Waals surface area contributed by atoms with Crippen molar-refractivity contribution in [3.8, 4) is 0 Å². The first-order chi connectivity index (χ1) is 13.1. The summed E-state index contributed by atoms with van der Waals surface area (Å²) in [6.07, 6.45) is 1.64. The minimum absolute atomic E-state index is 0.131. The average Bonchev–Trinajstić information content (AvgIpc) is 2.72. The van der Waals surface area contributed by atoms with E-state index in [0.29, 0.717) is 37.7 Å². The van der Waals surface area contributed by atoms with Crippen molar-refractivity contribution in [2.45, 2.75) is 6.04 Å². The largest absolute Gasteiger partial charge is 0.378 e. The average molecular weight is 368 g/mol. The second kappa shape index (κ2) is 8.64. The zero-order valence-corrected chi connectivity index (χ0v) is 15.6. The SMILES string of the molecule is CN(C)c1ncccc1C(=O)N[C@H](C(=O)N1CCOCC1)c1ccccc1. The van der Waals surface area contributed by atoms with Gasteiger partial charge in [0, 0.05) is 33.4 Å². The van der Waals surface area contributed by atoms with Crippen molar-refractivity contribution in [1.82, 2.24) is 15.2 Å². The van der Waals surface area contributed by atoms with E-state index in [1.54, 1.807) is 28.1 Å². The highest BCUT2D eigenvalue weighted by Crippen LogP contribution is 2.20. The number of nitrogens with one attached hydrogen (secondary N) is 1. The first-order valence-corrected chi connectivity index (χ1v) is 8.92. The molecule has 1 aromatic heterocycles. The van der Waals surface area contributed by atoms with E-state index < -0.39 is 6.04 Å². The van der Waals surface area contributed by atoms with Crippen LogP contribution in [-0.4, -0.2) is 62.1 Å². The van der Waals surface area contributed by atoms with Gasteiger partial charge in [0.15, 0.2) is 0 Å². The van der Waals surface area contributed by atoms with Crippen LogP contribution in [0.4, 0.5) is 5.82 Å². The smallest absolute Gasteiger partial charge is 0.255 e. The van der Waals surface area contributed by atoms with E-state index >= 15 is 0 Å². The van der Waals surface area contributed by atoms with Crippen LogP contribution in [0.5, 0.6) is 0 Å². The molecule has 0 spiro atoms. The third-order valence-corrected chi connectivity index (χ3v) is 4.43. The standard InChI is InChI=1S/C20H24N4O3/c1-23(2)18-16(9-6-10-21-18)19(25)22-17(15-7-4-3-5-8-15)20(26)24-11-13-27-14-12-24/h3-10,17H,11-14H2,1-2H3,(H,22,25)/t17-/m0/s1. The van der Waals surface area contributed by atoms with Gasteiger partial charge in [-0.05, 0) is 17.7 Å². The lowest BCUT2D eigenvalue weighted by Crippen LogP contribution is -2.47. The van der Waals surface area contributed by atoms with Crippen LogP contribution in [0.1, 0.15) is 22.0 Å². The van der Waals surface area contributed by atoms with Gasteiger partial charge in [-0.2, -0.15) is 0 Å². The molecule has 27 heavy (non-hydrogen) atoms. The van der Waals surface area contributed by atoms with Gasteiger partial charge in [0.25, 0.3) is 5.91 Å². The van der Waals surface area contributed by atoms with Crippen molar-refractivity contribution in [3.63, 3.8) is 0 Å². The summed E-state index contributed by atoms with van der Waals surface area (Å²) in [5.74, 6) is 0.0936. The number of benzene rings is 1. The molecule has 0 aliphatic carbocycles. The molecule has 2 heterocycles. The molecule has 3 rings (SSSR count). The summed E-state index contributed by atoms with van der Waals surface area (Å²) < 4.78 is 5.33. The Balaban J connectivity index is 1.87. The van der Waals surface area contributed by atoms with Crippen molar-refractivity contribution in [2.24, 2.45) is 0 Å². The van der Waals surface area contributed by atoms with Crippen LogP contribution in [0, 0.1) is 0 Å². The molecule has 0 unspecified atom stereocenters. The summed E-state index contributed by atoms with van der Waals surface area (Å²) in [6, 6.07) is 12.0. The van der Waals surface area contributed by atoms with Gasteiger partial charge < -0.3 is 19.9 Å². The number of carbonyl (C=O) groups is 2. The molecule has 0 saturated carbocycles. The molecule has 0 radical (unpaired) electrons. The monoisotopic (exact) mass is 368 g/mol. The molecule has 1 saturated heterocycles. The maximum absolute atomic E-state index is 13.1. The Morgan fingerprint density at radius 2 is 1.81 bits per heavy atom. The maximum atomic E-state index is 13.1. The highest BCUT2D eigenvalue weighted by atomic mass is 16.5. The van der Waals surface area contributed by atoms with Gasteiger partial charge in [0.2, 0.25) is 5.91 Å². The third-order valence-electron chi connectivity index (χ3n) is 4.43. The van der Waals surface area contributed by atoms with E-state index in [1.807, 2.05) is 44.4 Å². The highest BCUT2D eigenvalue weighted by Gasteiger charge is 2.29. The van der Waals surface area contributed by atoms with Crippen LogP contribution in [0.25, 0.3) is 0 Å². The van der Waals surface area contributed by atoms with Crippen molar-refractivity contribution in [3.05, 3.63) is 59.8 Å². The number of anilines is 1. The second-order valence-corrected chi connectivity index (χ2v) is 6.52. The summed E-state index contributed by atoms with van der Waals surface area (Å²) in [7, 11) is 3.65. The van der Waals surface area contributed by atoms with Crippen molar-refractivity contribution < 1.29 is 14.3 Å². The van der Waals surface area contributed by atoms with E-state index in [-0.39, 0.29) is 11.8 Å². The molecule has 2 aromatic rings. The Labute approximate surface area is 158 Å². The normalized spacial score (nSPS) is 15.1. The predicted molar refractivity (Wildman–Crippen MR) is 103 cm³/mol. The van der Waals surface area contributed by atoms with Crippen LogP contribution < -0.4 is 10.2 Å². The maximum Gasteiger partial charge on any atom is 0.255 e. The number of amides is 2. The van der Waals surface area contributed by atoms with Gasteiger partial charge in [-0.3, -0.25) is 9.59 Å². The number of pyridine rings is 1. The number of hydrogen-bond donors (Lipinski definition) is 1. The molecule has 1 aromatic carbocycles. The highest BCUT2D eigenvalue weighted by molar-refractivity contribution is 6.01. The molecule has 142 valence electrons. The summed E-state index contributed by atoms with van der Waals surface area (Å²) >= 11 is 0. The molecule has 0 bridgehead atoms. The second-order valence-electron chi connectivity index (χ2n) is 6.52. The number of rotatable bonds is 5. The van der Waals surface area contributed by atoms with Gasteiger partial charge in [-0.15, -0.1) is 0 Å². The molecule has 1 aliphatic heterocycles. The Bertz CT molecular complexity index is 789. The lowest BCUT2D eigenvalue weighted by molar-refractivity contribution is -0.137. The van der Waals surface area contributed by atoms with E-state index in [1.165, 1.54) is 0 Å². The Morgan fingerprint density at radius 1 is 1.11 bits per heavy atom. The fraction of sp³-hybridized carbons (Fsp3) is 0.350. The van der Waals surface area contributed by atoms with E-state index in [4.69, 9.17) is 4.74 Å². The lowest BCUT2D eigenvalue weighted by atomic mass is 10.0.